The fourth-order valence-electron chi connectivity index (χ4n) is 0.867. The van der Waals surface area contributed by atoms with Gasteiger partial charge in [0, 0.05) is 111 Å². The number of hydrogen-bond acceptors (Lipinski definition) is 3. The van der Waals surface area contributed by atoms with Crippen molar-refractivity contribution in [3.8, 4) is 0 Å². The minimum absolute atomic E-state index is 0. The predicted octanol–water partition coefficient (Wildman–Crippen LogP) is 2.82. The largest absolute Gasteiger partial charge is 0.553 e. The smallest absolute Gasteiger partial charge is 0.0679 e. The summed E-state index contributed by atoms with van der Waals surface area (Å²) in [7, 11) is 9.87. The Kier molecular flexibility index (Phi) is 60.9. The molecule has 3 nitrogen and oxygen atoms in total. The fourth-order valence-corrected chi connectivity index (χ4v) is 0.867. The van der Waals surface area contributed by atoms with Crippen molar-refractivity contribution in [2.24, 2.45) is 0 Å². The fraction of sp³-hybridized carbons (Fsp3) is 0.700. The molecule has 0 N–H and O–H groups in total. The second-order valence-corrected chi connectivity index (χ2v) is 2.19. The number of hydrogen-bond donors (Lipinski definition) is 0. The topological polar surface area (TPSA) is 27.7 Å². The van der Waals surface area contributed by atoms with Crippen LogP contribution in [0, 0.1) is 21.3 Å². The van der Waals surface area contributed by atoms with Gasteiger partial charge in [0.05, 0.1) is 6.10 Å². The van der Waals surface area contributed by atoms with Crippen LogP contribution in [-0.2, 0) is 112 Å². The van der Waals surface area contributed by atoms with Crippen molar-refractivity contribution in [1.29, 1.82) is 0 Å². The summed E-state index contributed by atoms with van der Waals surface area (Å²) in [5.41, 5.74) is 0. The zero-order chi connectivity index (χ0) is 8.69. The molecule has 0 saturated heterocycles. The van der Waals surface area contributed by atoms with E-state index < -0.39 is 0 Å². The molecule has 0 aromatic carbocycles. The second kappa shape index (κ2) is 26.7. The zero-order valence-corrected chi connectivity index (χ0v) is 17.2. The molecule has 0 aliphatic heterocycles. The first-order valence-corrected chi connectivity index (χ1v) is 3.48. The average Bonchev–Trinajstić information content (AvgIpc) is 2.05. The van der Waals surface area contributed by atoms with Crippen LogP contribution in [0.15, 0.2) is 0 Å². The standard InChI is InChI=1S/C8H15O3.2CH4.3Y/c1-5-7(10-3)8(11-4)6-9-2;;;;;/h7-8H,2-6H2,1H3;2*1H4;;;/q-3;;;;;. The molecule has 2 atom stereocenters. The quantitative estimate of drug-likeness (QED) is 0.574. The molecule has 0 spiro atoms. The van der Waals surface area contributed by atoms with E-state index in [0.29, 0.717) is 6.61 Å². The molecule has 0 fully saturated rings. The molecule has 0 heterocycles. The Morgan fingerprint density at radius 1 is 0.875 bits per heavy atom. The summed E-state index contributed by atoms with van der Waals surface area (Å²) in [5, 5.41) is 0. The van der Waals surface area contributed by atoms with E-state index in [4.69, 9.17) is 9.47 Å². The third kappa shape index (κ3) is 17.2. The number of rotatable bonds is 6. The van der Waals surface area contributed by atoms with Gasteiger partial charge in [0.1, 0.15) is 0 Å². The van der Waals surface area contributed by atoms with Crippen molar-refractivity contribution < 1.29 is 112 Å². The Labute approximate surface area is 178 Å². The van der Waals surface area contributed by atoms with Crippen LogP contribution >= 0.6 is 0 Å². The summed E-state index contributed by atoms with van der Waals surface area (Å²) in [6, 6.07) is 0. The molecule has 0 rings (SSSR count). The molecule has 0 bridgehead atoms. The van der Waals surface area contributed by atoms with Crippen molar-refractivity contribution in [2.45, 2.75) is 40.4 Å². The van der Waals surface area contributed by atoms with Crippen molar-refractivity contribution in [2.75, 3.05) is 6.61 Å². The number of ether oxygens (including phenoxy) is 3. The molecule has 2 unspecified atom stereocenters. The van der Waals surface area contributed by atoms with Crippen molar-refractivity contribution in [1.82, 2.24) is 0 Å². The summed E-state index contributed by atoms with van der Waals surface area (Å²) >= 11 is 0. The van der Waals surface area contributed by atoms with Crippen LogP contribution in [-0.4, -0.2) is 18.8 Å². The third-order valence-electron chi connectivity index (χ3n) is 1.53. The summed E-state index contributed by atoms with van der Waals surface area (Å²) < 4.78 is 14.4. The minimum Gasteiger partial charge on any atom is -0.553 e. The maximum atomic E-state index is 4.88. The van der Waals surface area contributed by atoms with Gasteiger partial charge >= 0.3 is 0 Å². The molecule has 16 heavy (non-hydrogen) atoms. The van der Waals surface area contributed by atoms with E-state index in [9.17, 15) is 0 Å². The molecule has 6 heteroatoms. The second-order valence-electron chi connectivity index (χ2n) is 2.19. The predicted molar refractivity (Wildman–Crippen MR) is 55.5 cm³/mol. The van der Waals surface area contributed by atoms with Crippen LogP contribution in [0.25, 0.3) is 0 Å². The van der Waals surface area contributed by atoms with Gasteiger partial charge in [-0.1, -0.05) is 21.8 Å². The van der Waals surface area contributed by atoms with E-state index in [1.807, 2.05) is 6.92 Å². The van der Waals surface area contributed by atoms with Crippen LogP contribution in [0.1, 0.15) is 28.2 Å². The van der Waals surface area contributed by atoms with Crippen LogP contribution < -0.4 is 0 Å². The van der Waals surface area contributed by atoms with Gasteiger partial charge in [-0.15, -0.1) is 0 Å². The van der Waals surface area contributed by atoms with Gasteiger partial charge < -0.3 is 14.2 Å². The Balaban J connectivity index is -0.0000000500. The van der Waals surface area contributed by atoms with Gasteiger partial charge in [-0.05, 0) is 6.42 Å². The van der Waals surface area contributed by atoms with Gasteiger partial charge in [-0.2, -0.15) is 0 Å². The molecular weight excluding hydrogens is 435 g/mol. The van der Waals surface area contributed by atoms with E-state index in [1.54, 1.807) is 0 Å². The zero-order valence-electron chi connectivity index (χ0n) is 8.65. The first kappa shape index (κ1) is 36.5. The van der Waals surface area contributed by atoms with Gasteiger partial charge in [0.15, 0.2) is 0 Å². The van der Waals surface area contributed by atoms with Crippen LogP contribution in [0.4, 0.5) is 0 Å². The molecule has 0 amide bonds. The Morgan fingerprint density at radius 2 is 1.25 bits per heavy atom. The maximum absolute atomic E-state index is 4.88. The summed E-state index contributed by atoms with van der Waals surface area (Å²) in [5.74, 6) is 0. The van der Waals surface area contributed by atoms with Crippen molar-refractivity contribution in [3.05, 3.63) is 21.3 Å². The average molecular weight is 458 g/mol. The molecule has 93 valence electrons. The van der Waals surface area contributed by atoms with Crippen LogP contribution in [0.2, 0.25) is 0 Å². The first-order chi connectivity index (χ1) is 5.29. The van der Waals surface area contributed by atoms with Crippen molar-refractivity contribution in [3.63, 3.8) is 0 Å². The SMILES string of the molecule is C.C.[CH2-]OCC(O[CH2-])C(CC)O[CH2-].[Y].[Y].[Y]. The van der Waals surface area contributed by atoms with Crippen LogP contribution in [0.3, 0.4) is 0 Å². The Morgan fingerprint density at radius 3 is 1.44 bits per heavy atom. The van der Waals surface area contributed by atoms with Crippen LogP contribution in [0.5, 0.6) is 0 Å². The van der Waals surface area contributed by atoms with Gasteiger partial charge in [-0.3, -0.25) is 0 Å². The molecule has 0 aliphatic rings. The molecule has 0 aromatic heterocycles. The molecule has 0 saturated carbocycles. The van der Waals surface area contributed by atoms with E-state index in [-0.39, 0.29) is 125 Å². The van der Waals surface area contributed by atoms with E-state index in [0.717, 1.165) is 6.42 Å². The normalized spacial score (nSPS) is 11.2. The molecule has 3 radical (unpaired) electrons. The van der Waals surface area contributed by atoms with E-state index >= 15 is 0 Å². The maximum Gasteiger partial charge on any atom is 0.0679 e. The first-order valence-electron chi connectivity index (χ1n) is 3.48. The van der Waals surface area contributed by atoms with Gasteiger partial charge in [0.25, 0.3) is 0 Å². The van der Waals surface area contributed by atoms with E-state index in [2.05, 4.69) is 26.1 Å². The summed E-state index contributed by atoms with van der Waals surface area (Å²) in [6.45, 7) is 2.35. The Hall–Kier alpha value is 3.19. The summed E-state index contributed by atoms with van der Waals surface area (Å²) in [6.07, 6.45) is 0.553. The third-order valence-corrected chi connectivity index (χ3v) is 1.53. The Bertz CT molecular complexity index is 93.4. The van der Waals surface area contributed by atoms with Gasteiger partial charge in [-0.25, -0.2) is 21.3 Å². The summed E-state index contributed by atoms with van der Waals surface area (Å²) in [4.78, 5) is 0. The molecule has 0 aliphatic carbocycles. The van der Waals surface area contributed by atoms with Gasteiger partial charge in [0.2, 0.25) is 0 Å². The molecular formula is C10H23O3Y3-3. The van der Waals surface area contributed by atoms with E-state index in [1.165, 1.54) is 0 Å². The van der Waals surface area contributed by atoms with Crippen molar-refractivity contribution >= 4 is 0 Å². The minimum atomic E-state index is -0.185. The monoisotopic (exact) mass is 458 g/mol. The molecule has 0 aromatic rings.